The lowest BCUT2D eigenvalue weighted by Crippen LogP contribution is -2.37. The molecule has 0 spiro atoms. The number of aromatic amines is 1. The minimum absolute atomic E-state index is 0.0302. The molecule has 2 amide bonds. The maximum atomic E-state index is 13.2. The molecular weight excluding hydrogens is 494 g/mol. The number of benzene rings is 2. The van der Waals surface area contributed by atoms with Crippen LogP contribution >= 0.6 is 0 Å². The molecule has 2 atom stereocenters. The topological polar surface area (TPSA) is 111 Å². The van der Waals surface area contributed by atoms with E-state index in [1.165, 1.54) is 11.9 Å². The van der Waals surface area contributed by atoms with E-state index in [0.29, 0.717) is 12.6 Å². The predicted molar refractivity (Wildman–Crippen MR) is 147 cm³/mol. The van der Waals surface area contributed by atoms with Crippen LogP contribution in [0.5, 0.6) is 5.75 Å². The van der Waals surface area contributed by atoms with Crippen LogP contribution in [0.15, 0.2) is 59.7 Å². The highest BCUT2D eigenvalue weighted by Gasteiger charge is 2.40. The molecule has 3 heterocycles. The second-order valence-corrected chi connectivity index (χ2v) is 10.2. The minimum Gasteiger partial charge on any atom is -0.502 e. The van der Waals surface area contributed by atoms with Gasteiger partial charge in [-0.2, -0.15) is 0 Å². The molecule has 2 fully saturated rings. The molecule has 0 bridgehead atoms. The van der Waals surface area contributed by atoms with Crippen LogP contribution in [0.25, 0.3) is 0 Å². The van der Waals surface area contributed by atoms with Crippen molar-refractivity contribution >= 4 is 6.03 Å². The summed E-state index contributed by atoms with van der Waals surface area (Å²) in [5.74, 6) is 6.00. The van der Waals surface area contributed by atoms with Crippen molar-refractivity contribution in [3.05, 3.63) is 93.2 Å². The SMILES string of the molecule is CC(C)N1C(=O)N(Cc2nc[nH]c(=O)c2O)CC1c1ccc(C#Cc2ccc(CNC3CCOC3)cc2)cc1. The molecule has 2 saturated heterocycles. The summed E-state index contributed by atoms with van der Waals surface area (Å²) < 4.78 is 5.41. The molecule has 5 rings (SSSR count). The summed E-state index contributed by atoms with van der Waals surface area (Å²) in [6.07, 6.45) is 2.29. The van der Waals surface area contributed by atoms with Gasteiger partial charge in [0.2, 0.25) is 5.75 Å². The average Bonchev–Trinajstić information content (AvgIpc) is 3.58. The fraction of sp³-hybridized carbons (Fsp3) is 0.367. The van der Waals surface area contributed by atoms with E-state index in [1.807, 2.05) is 55.1 Å². The van der Waals surface area contributed by atoms with Gasteiger partial charge >= 0.3 is 6.03 Å². The van der Waals surface area contributed by atoms with Crippen LogP contribution < -0.4 is 10.9 Å². The Morgan fingerprint density at radius 3 is 2.44 bits per heavy atom. The van der Waals surface area contributed by atoms with E-state index in [1.54, 1.807) is 4.90 Å². The fourth-order valence-corrected chi connectivity index (χ4v) is 4.97. The highest BCUT2D eigenvalue weighted by molar-refractivity contribution is 5.78. The van der Waals surface area contributed by atoms with Gasteiger partial charge in [-0.3, -0.25) is 4.79 Å². The van der Waals surface area contributed by atoms with E-state index in [0.717, 1.165) is 42.9 Å². The lowest BCUT2D eigenvalue weighted by Gasteiger charge is -2.27. The molecule has 3 N–H and O–H groups in total. The maximum absolute atomic E-state index is 13.2. The monoisotopic (exact) mass is 527 g/mol. The maximum Gasteiger partial charge on any atom is 0.321 e. The summed E-state index contributed by atoms with van der Waals surface area (Å²) >= 11 is 0. The van der Waals surface area contributed by atoms with E-state index in [9.17, 15) is 14.7 Å². The first-order chi connectivity index (χ1) is 18.9. The van der Waals surface area contributed by atoms with Gasteiger partial charge in [-0.05, 0) is 55.7 Å². The number of H-pyrrole nitrogens is 1. The van der Waals surface area contributed by atoms with Gasteiger partial charge in [0.25, 0.3) is 5.56 Å². The number of ether oxygens (including phenoxy) is 1. The van der Waals surface area contributed by atoms with Crippen molar-refractivity contribution in [1.82, 2.24) is 25.1 Å². The van der Waals surface area contributed by atoms with E-state index in [4.69, 9.17) is 4.74 Å². The third-order valence-corrected chi connectivity index (χ3v) is 7.15. The molecule has 2 unspecified atom stereocenters. The molecule has 2 aliphatic rings. The molecule has 0 radical (unpaired) electrons. The van der Waals surface area contributed by atoms with Gasteiger partial charge in [0.15, 0.2) is 0 Å². The summed E-state index contributed by atoms with van der Waals surface area (Å²) in [5.41, 5.74) is 3.61. The van der Waals surface area contributed by atoms with Crippen LogP contribution in [0.2, 0.25) is 0 Å². The zero-order valence-electron chi connectivity index (χ0n) is 22.2. The smallest absolute Gasteiger partial charge is 0.321 e. The number of nitrogens with zero attached hydrogens (tertiary/aromatic N) is 3. The number of carbonyl (C=O) groups is 1. The zero-order chi connectivity index (χ0) is 27.4. The van der Waals surface area contributed by atoms with Gasteiger partial charge in [-0.15, -0.1) is 0 Å². The zero-order valence-corrected chi connectivity index (χ0v) is 22.2. The second-order valence-electron chi connectivity index (χ2n) is 10.2. The molecule has 0 aliphatic carbocycles. The number of rotatable bonds is 7. The number of hydrogen-bond acceptors (Lipinski definition) is 6. The largest absolute Gasteiger partial charge is 0.502 e. The van der Waals surface area contributed by atoms with Crippen LogP contribution in [0.4, 0.5) is 4.79 Å². The summed E-state index contributed by atoms with van der Waals surface area (Å²) in [4.78, 5) is 34.8. The number of aromatic nitrogens is 2. The molecular formula is C30H33N5O4. The fourth-order valence-electron chi connectivity index (χ4n) is 4.97. The Morgan fingerprint density at radius 1 is 1.10 bits per heavy atom. The lowest BCUT2D eigenvalue weighted by atomic mass is 10.0. The number of aromatic hydroxyl groups is 1. The molecule has 1 aromatic heterocycles. The van der Waals surface area contributed by atoms with Crippen molar-refractivity contribution in [3.8, 4) is 17.6 Å². The Bertz CT molecular complexity index is 1420. The minimum atomic E-state index is -0.622. The molecule has 202 valence electrons. The van der Waals surface area contributed by atoms with Crippen molar-refractivity contribution < 1.29 is 14.6 Å². The quantitative estimate of drug-likeness (QED) is 0.407. The van der Waals surface area contributed by atoms with Gasteiger partial charge in [0, 0.05) is 42.9 Å². The Hall–Kier alpha value is -4.13. The summed E-state index contributed by atoms with van der Waals surface area (Å²) in [7, 11) is 0. The Labute approximate surface area is 227 Å². The summed E-state index contributed by atoms with van der Waals surface area (Å²) in [6.45, 7) is 6.86. The van der Waals surface area contributed by atoms with Gasteiger partial charge in [-0.25, -0.2) is 9.78 Å². The molecule has 2 aromatic carbocycles. The van der Waals surface area contributed by atoms with Crippen LogP contribution in [0, 0.1) is 11.8 Å². The Kier molecular flexibility index (Phi) is 7.96. The molecule has 3 aromatic rings. The first-order valence-corrected chi connectivity index (χ1v) is 13.2. The van der Waals surface area contributed by atoms with Gasteiger partial charge in [0.05, 0.1) is 25.5 Å². The lowest BCUT2D eigenvalue weighted by molar-refractivity contribution is 0.171. The van der Waals surface area contributed by atoms with Gasteiger partial charge in [-0.1, -0.05) is 36.1 Å². The number of carbonyl (C=O) groups excluding carboxylic acids is 1. The summed E-state index contributed by atoms with van der Waals surface area (Å²) in [5, 5.41) is 13.6. The number of nitrogens with one attached hydrogen (secondary N) is 2. The van der Waals surface area contributed by atoms with Crippen LogP contribution in [0.1, 0.15) is 54.3 Å². The van der Waals surface area contributed by atoms with E-state index in [-0.39, 0.29) is 30.4 Å². The molecule has 0 saturated carbocycles. The number of urea groups is 1. The summed E-state index contributed by atoms with van der Waals surface area (Å²) in [6, 6.07) is 16.3. The standard InChI is InChI=1S/C30H33N5O4/c1-20(2)35-27(17-34(30(35)38)16-26-28(36)29(37)33-19-32-26)24-11-9-22(10-12-24)4-3-21-5-7-23(8-6-21)15-31-25-13-14-39-18-25/h5-12,19-20,25,27,31,36H,13-18H2,1-2H3,(H,32,33,37). The average molecular weight is 528 g/mol. The second kappa shape index (κ2) is 11.7. The normalized spacial score (nSPS) is 19.0. The van der Waals surface area contributed by atoms with Crippen LogP contribution in [0.3, 0.4) is 0 Å². The van der Waals surface area contributed by atoms with Crippen molar-refractivity contribution in [1.29, 1.82) is 0 Å². The van der Waals surface area contributed by atoms with E-state index >= 15 is 0 Å². The van der Waals surface area contributed by atoms with Crippen LogP contribution in [-0.2, 0) is 17.8 Å². The Morgan fingerprint density at radius 2 is 1.79 bits per heavy atom. The van der Waals surface area contributed by atoms with Crippen molar-refractivity contribution in [2.24, 2.45) is 0 Å². The predicted octanol–water partition coefficient (Wildman–Crippen LogP) is 3.14. The molecule has 39 heavy (non-hydrogen) atoms. The highest BCUT2D eigenvalue weighted by atomic mass is 16.5. The number of amides is 2. The Balaban J connectivity index is 1.24. The third kappa shape index (κ3) is 6.14. The van der Waals surface area contributed by atoms with E-state index in [2.05, 4.69) is 39.3 Å². The highest BCUT2D eigenvalue weighted by Crippen LogP contribution is 2.33. The van der Waals surface area contributed by atoms with Gasteiger partial charge in [0.1, 0.15) is 5.69 Å². The van der Waals surface area contributed by atoms with Crippen molar-refractivity contribution in [2.75, 3.05) is 19.8 Å². The molecule has 9 heteroatoms. The van der Waals surface area contributed by atoms with Crippen LogP contribution in [-0.4, -0.2) is 62.7 Å². The third-order valence-electron chi connectivity index (χ3n) is 7.15. The molecule has 2 aliphatic heterocycles. The number of hydrogen-bond donors (Lipinski definition) is 3. The first kappa shape index (κ1) is 26.5. The van der Waals surface area contributed by atoms with Gasteiger partial charge < -0.3 is 29.9 Å². The van der Waals surface area contributed by atoms with E-state index < -0.39 is 11.3 Å². The molecule has 9 nitrogen and oxygen atoms in total. The van der Waals surface area contributed by atoms with Crippen molar-refractivity contribution in [3.63, 3.8) is 0 Å². The first-order valence-electron chi connectivity index (χ1n) is 13.2. The van der Waals surface area contributed by atoms with Crippen molar-refractivity contribution in [2.45, 2.75) is 51.5 Å².